The molecule has 1 aromatic heterocycles. The van der Waals surface area contributed by atoms with Crippen LogP contribution in [0.2, 0.25) is 0 Å². The number of anilines is 1. The third-order valence-electron chi connectivity index (χ3n) is 4.87. The molecule has 0 bridgehead atoms. The standard InChI is InChI=1S/C20H29N5O2S/c1-4-20(2,3)21-17(26)15-28-19-23-22-18(24-10-12-27-13-11-24)25(19)14-16-8-6-5-7-9-16/h5-9H,4,10-15H2,1-3H3,(H,21,26). The van der Waals surface area contributed by atoms with Crippen LogP contribution in [0.4, 0.5) is 5.95 Å². The van der Waals surface area contributed by atoms with Crippen molar-refractivity contribution in [3.05, 3.63) is 35.9 Å². The van der Waals surface area contributed by atoms with Crippen LogP contribution >= 0.6 is 11.8 Å². The van der Waals surface area contributed by atoms with E-state index in [1.54, 1.807) is 0 Å². The normalized spacial score (nSPS) is 14.9. The average Bonchev–Trinajstić information content (AvgIpc) is 3.10. The van der Waals surface area contributed by atoms with Gasteiger partial charge in [0.15, 0.2) is 5.16 Å². The van der Waals surface area contributed by atoms with Gasteiger partial charge < -0.3 is 15.0 Å². The molecule has 1 aliphatic heterocycles. The third-order valence-corrected chi connectivity index (χ3v) is 5.84. The van der Waals surface area contributed by atoms with Crippen molar-refractivity contribution >= 4 is 23.6 Å². The van der Waals surface area contributed by atoms with E-state index in [1.165, 1.54) is 17.3 Å². The van der Waals surface area contributed by atoms with Crippen LogP contribution in [0.1, 0.15) is 32.8 Å². The fraction of sp³-hybridized carbons (Fsp3) is 0.550. The zero-order chi connectivity index (χ0) is 20.0. The first kappa shape index (κ1) is 20.7. The minimum Gasteiger partial charge on any atom is -0.378 e. The second-order valence-corrected chi connectivity index (χ2v) is 8.47. The molecular formula is C20H29N5O2S. The van der Waals surface area contributed by atoms with Gasteiger partial charge in [0.05, 0.1) is 25.5 Å². The average molecular weight is 404 g/mol. The van der Waals surface area contributed by atoms with Crippen LogP contribution in [0.25, 0.3) is 0 Å². The molecule has 8 heteroatoms. The van der Waals surface area contributed by atoms with Gasteiger partial charge in [0.1, 0.15) is 0 Å². The highest BCUT2D eigenvalue weighted by Crippen LogP contribution is 2.24. The van der Waals surface area contributed by atoms with E-state index < -0.39 is 0 Å². The van der Waals surface area contributed by atoms with E-state index in [0.29, 0.717) is 25.5 Å². The quantitative estimate of drug-likeness (QED) is 0.683. The van der Waals surface area contributed by atoms with Crippen molar-refractivity contribution in [2.24, 2.45) is 0 Å². The van der Waals surface area contributed by atoms with E-state index in [4.69, 9.17) is 4.74 Å². The zero-order valence-corrected chi connectivity index (χ0v) is 17.7. The molecule has 2 aromatic rings. The summed E-state index contributed by atoms with van der Waals surface area (Å²) in [5.41, 5.74) is 0.976. The van der Waals surface area contributed by atoms with Crippen molar-refractivity contribution in [2.45, 2.75) is 44.4 Å². The summed E-state index contributed by atoms with van der Waals surface area (Å²) in [6.07, 6.45) is 0.884. The lowest BCUT2D eigenvalue weighted by Gasteiger charge is -2.28. The summed E-state index contributed by atoms with van der Waals surface area (Å²) >= 11 is 1.43. The summed E-state index contributed by atoms with van der Waals surface area (Å²) in [7, 11) is 0. The Balaban J connectivity index is 1.76. The van der Waals surface area contributed by atoms with Crippen LogP contribution in [-0.4, -0.2) is 58.3 Å². The van der Waals surface area contributed by atoms with E-state index in [-0.39, 0.29) is 11.4 Å². The Labute approximate surface area is 170 Å². The summed E-state index contributed by atoms with van der Waals surface area (Å²) in [5, 5.41) is 12.7. The van der Waals surface area contributed by atoms with Crippen LogP contribution in [0.3, 0.4) is 0 Å². The molecule has 1 aliphatic rings. The van der Waals surface area contributed by atoms with Gasteiger partial charge in [-0.3, -0.25) is 9.36 Å². The number of morpholine rings is 1. The Morgan fingerprint density at radius 1 is 1.21 bits per heavy atom. The molecule has 0 atom stereocenters. The number of amides is 1. The Kier molecular flexibility index (Phi) is 6.96. The number of ether oxygens (including phenoxy) is 1. The maximum atomic E-state index is 12.4. The van der Waals surface area contributed by atoms with Gasteiger partial charge in [-0.05, 0) is 25.8 Å². The number of carbonyl (C=O) groups excluding carboxylic acids is 1. The van der Waals surface area contributed by atoms with E-state index in [2.05, 4.69) is 44.0 Å². The first-order valence-electron chi connectivity index (χ1n) is 9.72. The molecular weight excluding hydrogens is 374 g/mol. The Morgan fingerprint density at radius 2 is 1.93 bits per heavy atom. The summed E-state index contributed by atoms with van der Waals surface area (Å²) in [4.78, 5) is 14.6. The maximum absolute atomic E-state index is 12.4. The molecule has 152 valence electrons. The number of nitrogens with zero attached hydrogens (tertiary/aromatic N) is 4. The highest BCUT2D eigenvalue weighted by atomic mass is 32.2. The predicted molar refractivity (Wildman–Crippen MR) is 112 cm³/mol. The zero-order valence-electron chi connectivity index (χ0n) is 16.9. The molecule has 0 radical (unpaired) electrons. The molecule has 1 N–H and O–H groups in total. The SMILES string of the molecule is CCC(C)(C)NC(=O)CSc1nnc(N2CCOCC2)n1Cc1ccccc1. The van der Waals surface area contributed by atoms with Crippen molar-refractivity contribution in [1.29, 1.82) is 0 Å². The minimum absolute atomic E-state index is 0.0130. The van der Waals surface area contributed by atoms with Crippen LogP contribution in [0, 0.1) is 0 Å². The first-order chi connectivity index (χ1) is 13.5. The molecule has 28 heavy (non-hydrogen) atoms. The van der Waals surface area contributed by atoms with Crippen LogP contribution in [-0.2, 0) is 16.1 Å². The number of rotatable bonds is 8. The monoisotopic (exact) mass is 403 g/mol. The van der Waals surface area contributed by atoms with Gasteiger partial charge in [-0.1, -0.05) is 49.0 Å². The van der Waals surface area contributed by atoms with Crippen LogP contribution in [0.5, 0.6) is 0 Å². The Morgan fingerprint density at radius 3 is 2.61 bits per heavy atom. The van der Waals surface area contributed by atoms with Gasteiger partial charge in [-0.15, -0.1) is 10.2 Å². The highest BCUT2D eigenvalue weighted by molar-refractivity contribution is 7.99. The molecule has 0 aliphatic carbocycles. The number of benzene rings is 1. The second kappa shape index (κ2) is 9.43. The number of hydrogen-bond donors (Lipinski definition) is 1. The van der Waals surface area contributed by atoms with Gasteiger partial charge in [0, 0.05) is 18.6 Å². The van der Waals surface area contributed by atoms with Crippen molar-refractivity contribution in [3.63, 3.8) is 0 Å². The molecule has 2 heterocycles. The Bertz CT molecular complexity index is 772. The van der Waals surface area contributed by atoms with E-state index >= 15 is 0 Å². The minimum atomic E-state index is -0.200. The Hall–Kier alpha value is -2.06. The molecule has 1 fully saturated rings. The molecule has 0 spiro atoms. The molecule has 7 nitrogen and oxygen atoms in total. The van der Waals surface area contributed by atoms with Gasteiger partial charge in [-0.2, -0.15) is 0 Å². The molecule has 1 amide bonds. The largest absolute Gasteiger partial charge is 0.378 e. The van der Waals surface area contributed by atoms with Gasteiger partial charge in [-0.25, -0.2) is 0 Å². The summed E-state index contributed by atoms with van der Waals surface area (Å²) in [5.74, 6) is 1.17. The number of thioether (sulfide) groups is 1. The lowest BCUT2D eigenvalue weighted by Crippen LogP contribution is -2.43. The maximum Gasteiger partial charge on any atom is 0.230 e. The van der Waals surface area contributed by atoms with Crippen LogP contribution in [0.15, 0.2) is 35.5 Å². The van der Waals surface area contributed by atoms with Gasteiger partial charge in [0.2, 0.25) is 11.9 Å². The van der Waals surface area contributed by atoms with Gasteiger partial charge >= 0.3 is 0 Å². The van der Waals surface area contributed by atoms with Crippen molar-refractivity contribution in [3.8, 4) is 0 Å². The predicted octanol–water partition coefficient (Wildman–Crippen LogP) is 2.56. The van der Waals surface area contributed by atoms with Gasteiger partial charge in [0.25, 0.3) is 0 Å². The topological polar surface area (TPSA) is 72.3 Å². The van der Waals surface area contributed by atoms with E-state index in [0.717, 1.165) is 30.6 Å². The first-order valence-corrected chi connectivity index (χ1v) is 10.7. The number of nitrogens with one attached hydrogen (secondary N) is 1. The number of aromatic nitrogens is 3. The third kappa shape index (κ3) is 5.48. The summed E-state index contributed by atoms with van der Waals surface area (Å²) in [6, 6.07) is 10.2. The molecule has 3 rings (SSSR count). The van der Waals surface area contributed by atoms with Crippen molar-refractivity contribution in [2.75, 3.05) is 37.0 Å². The van der Waals surface area contributed by atoms with E-state index in [1.807, 2.05) is 32.0 Å². The lowest BCUT2D eigenvalue weighted by atomic mass is 10.0. The van der Waals surface area contributed by atoms with Crippen LogP contribution < -0.4 is 10.2 Å². The lowest BCUT2D eigenvalue weighted by molar-refractivity contribution is -0.120. The number of hydrogen-bond acceptors (Lipinski definition) is 6. The van der Waals surface area contributed by atoms with E-state index in [9.17, 15) is 4.79 Å². The fourth-order valence-corrected chi connectivity index (χ4v) is 3.65. The van der Waals surface area contributed by atoms with Crippen molar-refractivity contribution in [1.82, 2.24) is 20.1 Å². The molecule has 1 aromatic carbocycles. The summed E-state index contributed by atoms with van der Waals surface area (Å²) in [6.45, 7) is 9.77. The molecule has 0 saturated carbocycles. The number of carbonyl (C=O) groups is 1. The second-order valence-electron chi connectivity index (χ2n) is 7.53. The molecule has 0 unspecified atom stereocenters. The molecule has 1 saturated heterocycles. The van der Waals surface area contributed by atoms with Crippen molar-refractivity contribution < 1.29 is 9.53 Å². The smallest absolute Gasteiger partial charge is 0.230 e. The summed E-state index contributed by atoms with van der Waals surface area (Å²) < 4.78 is 7.57. The highest BCUT2D eigenvalue weighted by Gasteiger charge is 2.22. The fourth-order valence-electron chi connectivity index (χ4n) is 2.92.